The van der Waals surface area contributed by atoms with Crippen LogP contribution in [0.4, 0.5) is 0 Å². The van der Waals surface area contributed by atoms with Crippen molar-refractivity contribution in [3.63, 3.8) is 0 Å². The highest BCUT2D eigenvalue weighted by molar-refractivity contribution is 5.95. The van der Waals surface area contributed by atoms with E-state index in [0.29, 0.717) is 23.8 Å². The van der Waals surface area contributed by atoms with Crippen LogP contribution in [0.5, 0.6) is 0 Å². The Labute approximate surface area is 163 Å². The molecule has 1 N–H and O–H groups in total. The van der Waals surface area contributed by atoms with Crippen molar-refractivity contribution in [3.8, 4) is 0 Å². The summed E-state index contributed by atoms with van der Waals surface area (Å²) >= 11 is 0. The molecule has 0 aromatic heterocycles. The summed E-state index contributed by atoms with van der Waals surface area (Å²) in [6, 6.07) is 8.96. The van der Waals surface area contributed by atoms with Crippen LogP contribution < -0.4 is 5.32 Å². The third-order valence-electron chi connectivity index (χ3n) is 5.64. The number of amides is 1. The molecule has 148 valence electrons. The van der Waals surface area contributed by atoms with Crippen molar-refractivity contribution >= 4 is 11.9 Å². The predicted octanol–water partition coefficient (Wildman–Crippen LogP) is 4.44. The molecule has 4 heteroatoms. The number of carbonyl (C=O) groups is 2. The number of hydrogen-bond acceptors (Lipinski definition) is 3. The van der Waals surface area contributed by atoms with Crippen molar-refractivity contribution in [3.05, 3.63) is 48.0 Å². The van der Waals surface area contributed by atoms with Crippen LogP contribution in [0.25, 0.3) is 0 Å². The highest BCUT2D eigenvalue weighted by Gasteiger charge is 2.37. The third-order valence-corrected chi connectivity index (χ3v) is 5.64. The van der Waals surface area contributed by atoms with Gasteiger partial charge in [-0.1, -0.05) is 50.8 Å². The van der Waals surface area contributed by atoms with E-state index in [1.807, 2.05) is 37.3 Å². The molecular formula is C23H33NO3. The van der Waals surface area contributed by atoms with E-state index in [4.69, 9.17) is 4.74 Å². The fraction of sp³-hybridized carbons (Fsp3) is 0.565. The molecule has 2 rings (SSSR count). The zero-order valence-electron chi connectivity index (χ0n) is 17.1. The summed E-state index contributed by atoms with van der Waals surface area (Å²) in [6.07, 6.45) is 4.29. The molecule has 27 heavy (non-hydrogen) atoms. The van der Waals surface area contributed by atoms with Gasteiger partial charge in [0.2, 0.25) is 5.91 Å². The molecule has 1 saturated carbocycles. The number of ether oxygens (including phenoxy) is 1. The largest absolute Gasteiger partial charge is 0.458 e. The molecule has 1 amide bonds. The first-order valence-electron chi connectivity index (χ1n) is 9.93. The topological polar surface area (TPSA) is 55.4 Å². The van der Waals surface area contributed by atoms with Gasteiger partial charge in [-0.05, 0) is 56.9 Å². The quantitative estimate of drug-likeness (QED) is 0.569. The van der Waals surface area contributed by atoms with Gasteiger partial charge in [0, 0.05) is 12.0 Å². The van der Waals surface area contributed by atoms with Crippen molar-refractivity contribution in [1.29, 1.82) is 0 Å². The van der Waals surface area contributed by atoms with E-state index in [0.717, 1.165) is 31.2 Å². The van der Waals surface area contributed by atoms with Crippen molar-refractivity contribution in [2.45, 2.75) is 71.4 Å². The summed E-state index contributed by atoms with van der Waals surface area (Å²) < 4.78 is 5.94. The van der Waals surface area contributed by atoms with Crippen molar-refractivity contribution in [2.75, 3.05) is 0 Å². The lowest BCUT2D eigenvalue weighted by molar-refractivity contribution is -0.165. The molecule has 1 aliphatic rings. The molecule has 1 unspecified atom stereocenters. The van der Waals surface area contributed by atoms with E-state index >= 15 is 0 Å². The number of rotatable bonds is 7. The Hall–Kier alpha value is -2.10. The van der Waals surface area contributed by atoms with E-state index in [9.17, 15) is 9.59 Å². The molecule has 0 spiro atoms. The molecule has 0 aliphatic heterocycles. The lowest BCUT2D eigenvalue weighted by Crippen LogP contribution is -2.47. The summed E-state index contributed by atoms with van der Waals surface area (Å²) in [5.74, 6) is 0.673. The van der Waals surface area contributed by atoms with Gasteiger partial charge in [0.25, 0.3) is 0 Å². The molecule has 0 saturated heterocycles. The van der Waals surface area contributed by atoms with Gasteiger partial charge in [-0.15, -0.1) is 0 Å². The molecule has 0 bridgehead atoms. The lowest BCUT2D eigenvalue weighted by Gasteiger charge is -2.39. The van der Waals surface area contributed by atoms with Crippen LogP contribution in [-0.4, -0.2) is 23.5 Å². The smallest absolute Gasteiger partial charge is 0.329 e. The number of carbonyl (C=O) groups excluding carboxylic acids is 2. The van der Waals surface area contributed by atoms with Gasteiger partial charge in [-0.25, -0.2) is 4.79 Å². The Morgan fingerprint density at radius 1 is 1.22 bits per heavy atom. The summed E-state index contributed by atoms with van der Waals surface area (Å²) in [4.78, 5) is 25.0. The monoisotopic (exact) mass is 371 g/mol. The average Bonchev–Trinajstić information content (AvgIpc) is 2.61. The molecule has 0 radical (unpaired) electrons. The first-order chi connectivity index (χ1) is 12.7. The summed E-state index contributed by atoms with van der Waals surface area (Å²) in [5, 5.41) is 2.79. The van der Waals surface area contributed by atoms with Crippen LogP contribution >= 0.6 is 0 Å². The fourth-order valence-electron chi connectivity index (χ4n) is 3.66. The predicted molar refractivity (Wildman–Crippen MR) is 108 cm³/mol. The van der Waals surface area contributed by atoms with Gasteiger partial charge in [-0.3, -0.25) is 4.79 Å². The second-order valence-corrected chi connectivity index (χ2v) is 8.45. The zero-order chi connectivity index (χ0) is 20.0. The summed E-state index contributed by atoms with van der Waals surface area (Å²) in [5.41, 5.74) is 0.908. The van der Waals surface area contributed by atoms with E-state index < -0.39 is 11.6 Å². The Morgan fingerprint density at radius 3 is 2.33 bits per heavy atom. The van der Waals surface area contributed by atoms with E-state index in [2.05, 4.69) is 25.7 Å². The van der Waals surface area contributed by atoms with Gasteiger partial charge < -0.3 is 10.1 Å². The molecular weight excluding hydrogens is 338 g/mol. The summed E-state index contributed by atoms with van der Waals surface area (Å²) in [7, 11) is 0. The molecule has 0 heterocycles. The van der Waals surface area contributed by atoms with Gasteiger partial charge in [0.15, 0.2) is 0 Å². The number of esters is 1. The number of hydrogen-bond donors (Lipinski definition) is 1. The van der Waals surface area contributed by atoms with Gasteiger partial charge in [-0.2, -0.15) is 0 Å². The minimum Gasteiger partial charge on any atom is -0.458 e. The minimum absolute atomic E-state index is 0.318. The summed E-state index contributed by atoms with van der Waals surface area (Å²) in [6.45, 7) is 11.8. The molecule has 1 atom stereocenters. The average molecular weight is 372 g/mol. The molecule has 1 aromatic rings. The highest BCUT2D eigenvalue weighted by atomic mass is 16.6. The SMILES string of the molecule is C=C(C)C(=O)NC(Cc1ccccc1)C(=O)OC1(C)CCC(C(C)C)CC1. The second-order valence-electron chi connectivity index (χ2n) is 8.45. The fourth-order valence-corrected chi connectivity index (χ4v) is 3.66. The molecule has 4 nitrogen and oxygen atoms in total. The lowest BCUT2D eigenvalue weighted by atomic mass is 9.75. The first kappa shape index (κ1) is 21.2. The van der Waals surface area contributed by atoms with Crippen LogP contribution in [0, 0.1) is 11.8 Å². The van der Waals surface area contributed by atoms with Crippen LogP contribution in [0.3, 0.4) is 0 Å². The first-order valence-corrected chi connectivity index (χ1v) is 9.93. The van der Waals surface area contributed by atoms with Crippen molar-refractivity contribution in [2.24, 2.45) is 11.8 Å². The maximum Gasteiger partial charge on any atom is 0.329 e. The molecule has 1 fully saturated rings. The zero-order valence-corrected chi connectivity index (χ0v) is 17.1. The van der Waals surface area contributed by atoms with Crippen molar-refractivity contribution < 1.29 is 14.3 Å². The highest BCUT2D eigenvalue weighted by Crippen LogP contribution is 2.38. The van der Waals surface area contributed by atoms with Crippen LogP contribution in [0.15, 0.2) is 42.5 Å². The maximum absolute atomic E-state index is 12.9. The maximum atomic E-state index is 12.9. The van der Waals surface area contributed by atoms with Gasteiger partial charge >= 0.3 is 5.97 Å². The minimum atomic E-state index is -0.712. The van der Waals surface area contributed by atoms with Crippen LogP contribution in [-0.2, 0) is 20.7 Å². The van der Waals surface area contributed by atoms with Gasteiger partial charge in [0.1, 0.15) is 11.6 Å². The van der Waals surface area contributed by atoms with E-state index in [1.165, 1.54) is 0 Å². The van der Waals surface area contributed by atoms with E-state index in [1.54, 1.807) is 6.92 Å². The van der Waals surface area contributed by atoms with Crippen molar-refractivity contribution in [1.82, 2.24) is 5.32 Å². The molecule has 1 aromatic carbocycles. The Kier molecular flexibility index (Phi) is 7.23. The second kappa shape index (κ2) is 9.20. The van der Waals surface area contributed by atoms with Crippen LogP contribution in [0.1, 0.15) is 58.9 Å². The van der Waals surface area contributed by atoms with E-state index in [-0.39, 0.29) is 11.9 Å². The normalized spacial score (nSPS) is 23.5. The number of nitrogens with one attached hydrogen (secondary N) is 1. The Balaban J connectivity index is 2.06. The number of benzene rings is 1. The molecule has 1 aliphatic carbocycles. The standard InChI is InChI=1S/C23H33NO3/c1-16(2)19-11-13-23(5,14-12-19)27-22(26)20(24-21(25)17(3)4)15-18-9-7-6-8-10-18/h6-10,16,19-20H,3,11-15H2,1-2,4-5H3,(H,24,25). The Bertz CT molecular complexity index is 657. The Morgan fingerprint density at radius 2 is 1.81 bits per heavy atom. The van der Waals surface area contributed by atoms with Crippen LogP contribution in [0.2, 0.25) is 0 Å². The third kappa shape index (κ3) is 6.23. The van der Waals surface area contributed by atoms with Gasteiger partial charge in [0.05, 0.1) is 0 Å².